The average molecular weight is 658 g/mol. The Labute approximate surface area is 256 Å². The van der Waals surface area contributed by atoms with E-state index in [1.54, 1.807) is 46.1 Å². The van der Waals surface area contributed by atoms with Gasteiger partial charge in [-0.25, -0.2) is 24.5 Å². The molecule has 3 rings (SSSR count). The molecule has 0 saturated heterocycles. The number of imidazole rings is 1. The summed E-state index contributed by atoms with van der Waals surface area (Å²) in [5, 5.41) is 8.31. The number of aromatic nitrogens is 6. The third kappa shape index (κ3) is 11.9. The number of fused-ring (bicyclic) bond motifs is 1. The van der Waals surface area contributed by atoms with Crippen molar-refractivity contribution in [2.45, 2.75) is 48.1 Å². The Morgan fingerprint density at radius 3 is 2.04 bits per heavy atom. The summed E-state index contributed by atoms with van der Waals surface area (Å²) < 4.78 is 40.7. The van der Waals surface area contributed by atoms with Crippen LogP contribution in [0.5, 0.6) is 0 Å². The predicted molar refractivity (Wildman–Crippen MR) is 156 cm³/mol. The Morgan fingerprint density at radius 2 is 1.53 bits per heavy atom. The van der Waals surface area contributed by atoms with E-state index in [4.69, 9.17) is 34.1 Å². The maximum absolute atomic E-state index is 13.1. The molecule has 0 aliphatic heterocycles. The fraction of sp³-hybridized carbons (Fsp3) is 0.520. The van der Waals surface area contributed by atoms with Crippen molar-refractivity contribution in [3.8, 4) is 0 Å². The smallest absolute Gasteiger partial charge is 0.361 e. The third-order valence-electron chi connectivity index (χ3n) is 5.25. The summed E-state index contributed by atoms with van der Waals surface area (Å²) in [6, 6.07) is 0.795. The normalized spacial score (nSPS) is 11.9. The van der Waals surface area contributed by atoms with Crippen LogP contribution in [0.1, 0.15) is 52.0 Å². The van der Waals surface area contributed by atoms with Crippen LogP contribution in [0, 0.1) is 10.8 Å². The molecule has 0 amide bonds. The standard InChI is InChI=1S/C20H32N5O8P.C5H4N2O4/c1-19(2,3)17(26)30-11-32-34(28,33-12-31-18(27)20(4,5)6)13-29-8-7-25-10-24-14-15(21)22-9-23-16(14)25;8-3-1-2(4(9)10)6-5(11)7-3/h9-10H,7-8,11-13H2,1-6H3,(H2,21,22,23);1H,(H,9,10)(H2,6,7,8,11). The fourth-order valence-corrected chi connectivity index (χ4v) is 3.85. The molecule has 45 heavy (non-hydrogen) atoms. The van der Waals surface area contributed by atoms with E-state index < -0.39 is 73.2 Å². The number of rotatable bonds is 12. The second-order valence-electron chi connectivity index (χ2n) is 11.2. The van der Waals surface area contributed by atoms with E-state index in [-0.39, 0.29) is 12.4 Å². The van der Waals surface area contributed by atoms with Crippen LogP contribution >= 0.6 is 7.60 Å². The molecule has 0 aromatic carbocycles. The van der Waals surface area contributed by atoms with Crippen LogP contribution in [0.2, 0.25) is 0 Å². The lowest BCUT2D eigenvalue weighted by Crippen LogP contribution is -2.25. The molecule has 0 spiro atoms. The van der Waals surface area contributed by atoms with Crippen LogP contribution in [-0.4, -0.2) is 79.0 Å². The van der Waals surface area contributed by atoms with Crippen LogP contribution in [0.3, 0.4) is 0 Å². The highest BCUT2D eigenvalue weighted by atomic mass is 31.2. The first-order chi connectivity index (χ1) is 20.8. The van der Waals surface area contributed by atoms with E-state index >= 15 is 0 Å². The van der Waals surface area contributed by atoms with E-state index in [9.17, 15) is 28.5 Å². The number of nitrogens with zero attached hydrogens (tertiary/aromatic N) is 4. The van der Waals surface area contributed by atoms with E-state index in [1.807, 2.05) is 9.97 Å². The van der Waals surface area contributed by atoms with Gasteiger partial charge < -0.3 is 34.6 Å². The Bertz CT molecular complexity index is 1590. The third-order valence-corrected chi connectivity index (χ3v) is 6.75. The number of aromatic carboxylic acids is 1. The van der Waals surface area contributed by atoms with E-state index in [0.717, 1.165) is 6.07 Å². The van der Waals surface area contributed by atoms with Crippen LogP contribution < -0.4 is 17.0 Å². The minimum absolute atomic E-state index is 0.0929. The van der Waals surface area contributed by atoms with Gasteiger partial charge in [0.1, 0.15) is 23.9 Å². The van der Waals surface area contributed by atoms with Gasteiger partial charge in [0, 0.05) is 12.6 Å². The van der Waals surface area contributed by atoms with Gasteiger partial charge in [-0.05, 0) is 41.5 Å². The monoisotopic (exact) mass is 657 g/mol. The molecule has 248 valence electrons. The molecule has 0 atom stereocenters. The Balaban J connectivity index is 0.000000537. The van der Waals surface area contributed by atoms with Gasteiger partial charge in [-0.3, -0.25) is 33.0 Å². The first-order valence-corrected chi connectivity index (χ1v) is 14.8. The number of hydrogen-bond acceptors (Lipinski definition) is 15. The maximum Gasteiger partial charge on any atom is 0.361 e. The van der Waals surface area contributed by atoms with Crippen LogP contribution in [0.25, 0.3) is 11.2 Å². The summed E-state index contributed by atoms with van der Waals surface area (Å²) in [6.45, 7) is 9.16. The number of carbonyl (C=O) groups excluding carboxylic acids is 2. The summed E-state index contributed by atoms with van der Waals surface area (Å²) in [7, 11) is -3.95. The van der Waals surface area contributed by atoms with Crippen LogP contribution in [-0.2, 0) is 44.0 Å². The van der Waals surface area contributed by atoms with Gasteiger partial charge in [0.05, 0.1) is 23.8 Å². The van der Waals surface area contributed by atoms with Crippen molar-refractivity contribution >= 4 is 42.5 Å². The molecule has 20 heteroatoms. The first-order valence-electron chi connectivity index (χ1n) is 13.1. The fourth-order valence-electron chi connectivity index (χ4n) is 2.85. The lowest BCUT2D eigenvalue weighted by molar-refractivity contribution is -0.162. The molecule has 0 aliphatic rings. The number of anilines is 1. The number of carbonyl (C=O) groups is 3. The summed E-state index contributed by atoms with van der Waals surface area (Å²) in [5.74, 6) is -2.18. The number of ether oxygens (including phenoxy) is 3. The number of nitrogens with two attached hydrogens (primary N) is 1. The number of hydrogen-bond donors (Lipinski definition) is 4. The van der Waals surface area contributed by atoms with Crippen molar-refractivity contribution in [1.29, 1.82) is 0 Å². The topological polar surface area (TPSA) is 270 Å². The molecule has 3 aromatic rings. The zero-order valence-electron chi connectivity index (χ0n) is 25.5. The van der Waals surface area contributed by atoms with E-state index in [0.29, 0.717) is 17.7 Å². The zero-order chi connectivity index (χ0) is 34.0. The first kappa shape index (κ1) is 36.7. The van der Waals surface area contributed by atoms with Gasteiger partial charge in [0.2, 0.25) is 13.6 Å². The average Bonchev–Trinajstić information content (AvgIpc) is 3.34. The number of esters is 2. The number of nitrogen functional groups attached to an aromatic ring is 1. The number of aromatic amines is 2. The molecule has 0 aliphatic carbocycles. The second kappa shape index (κ2) is 15.5. The SMILES string of the molecule is CC(C)(C)C(=O)OCOP(=O)(COCCn1cnc2c(N)ncnc21)OCOC(=O)C(C)(C)C.O=C(O)c1cc(=O)[nH]c(=O)[nH]1. The van der Waals surface area contributed by atoms with Gasteiger partial charge in [0.25, 0.3) is 5.56 Å². The summed E-state index contributed by atoms with van der Waals surface area (Å²) in [4.78, 5) is 70.9. The molecule has 3 aromatic heterocycles. The minimum Gasteiger partial charge on any atom is -0.477 e. The van der Waals surface area contributed by atoms with Crippen LogP contribution in [0.4, 0.5) is 5.82 Å². The summed E-state index contributed by atoms with van der Waals surface area (Å²) >= 11 is 0. The van der Waals surface area contributed by atoms with E-state index in [2.05, 4.69) is 15.0 Å². The quantitative estimate of drug-likeness (QED) is 0.0929. The molecule has 0 bridgehead atoms. The Morgan fingerprint density at radius 1 is 0.956 bits per heavy atom. The van der Waals surface area contributed by atoms with Gasteiger partial charge in [-0.15, -0.1) is 0 Å². The lowest BCUT2D eigenvalue weighted by atomic mass is 9.98. The number of carboxylic acid groups (broad SMARTS) is 1. The van der Waals surface area contributed by atoms with Crippen molar-refractivity contribution in [2.24, 2.45) is 10.8 Å². The summed E-state index contributed by atoms with van der Waals surface area (Å²) in [6.07, 6.45) is 2.38. The minimum atomic E-state index is -3.95. The largest absolute Gasteiger partial charge is 0.477 e. The van der Waals surface area contributed by atoms with Crippen molar-refractivity contribution in [3.63, 3.8) is 0 Å². The van der Waals surface area contributed by atoms with Gasteiger partial charge in [-0.2, -0.15) is 0 Å². The second-order valence-corrected chi connectivity index (χ2v) is 13.2. The highest BCUT2D eigenvalue weighted by Crippen LogP contribution is 2.48. The predicted octanol–water partition coefficient (Wildman–Crippen LogP) is 1.46. The maximum atomic E-state index is 13.1. The number of H-pyrrole nitrogens is 2. The molecule has 0 saturated carbocycles. The molecular weight excluding hydrogens is 621 g/mol. The number of nitrogens with one attached hydrogen (secondary N) is 2. The van der Waals surface area contributed by atoms with E-state index in [1.165, 1.54) is 12.7 Å². The molecule has 5 N–H and O–H groups in total. The van der Waals surface area contributed by atoms with Gasteiger partial charge in [0.15, 0.2) is 11.5 Å². The molecule has 3 heterocycles. The van der Waals surface area contributed by atoms with Gasteiger partial charge in [-0.1, -0.05) is 0 Å². The molecular formula is C25H36N7O12P. The Kier molecular flexibility index (Phi) is 12.7. The molecule has 0 fully saturated rings. The summed E-state index contributed by atoms with van der Waals surface area (Å²) in [5.41, 5.74) is 3.24. The van der Waals surface area contributed by atoms with Crippen molar-refractivity contribution < 1.29 is 47.3 Å². The van der Waals surface area contributed by atoms with Crippen molar-refractivity contribution in [2.75, 3.05) is 32.3 Å². The zero-order valence-corrected chi connectivity index (χ0v) is 26.4. The Hall–Kier alpha value is -4.45. The van der Waals surface area contributed by atoms with Crippen molar-refractivity contribution in [3.05, 3.63) is 45.3 Å². The highest BCUT2D eigenvalue weighted by molar-refractivity contribution is 7.53. The molecule has 0 radical (unpaired) electrons. The number of carboxylic acids is 1. The van der Waals surface area contributed by atoms with Crippen molar-refractivity contribution in [1.82, 2.24) is 29.5 Å². The highest BCUT2D eigenvalue weighted by Gasteiger charge is 2.30. The molecule has 19 nitrogen and oxygen atoms in total. The lowest BCUT2D eigenvalue weighted by Gasteiger charge is -2.22. The molecule has 0 unspecified atom stereocenters. The van der Waals surface area contributed by atoms with Gasteiger partial charge >= 0.3 is 31.2 Å². The van der Waals surface area contributed by atoms with Crippen LogP contribution in [0.15, 0.2) is 28.3 Å².